The van der Waals surface area contributed by atoms with Crippen LogP contribution in [0.1, 0.15) is 43.6 Å². The Balaban J connectivity index is 2.07. The van der Waals surface area contributed by atoms with Gasteiger partial charge in [-0.3, -0.25) is 9.59 Å². The summed E-state index contributed by atoms with van der Waals surface area (Å²) in [6.45, 7) is 7.47. The number of fused-ring (bicyclic) bond motifs is 1. The molecule has 2 aromatic rings. The monoisotopic (exact) mass is 432 g/mol. The quantitative estimate of drug-likeness (QED) is 0.665. The van der Waals surface area contributed by atoms with Crippen LogP contribution in [0, 0.1) is 0 Å². The van der Waals surface area contributed by atoms with Gasteiger partial charge in [0.25, 0.3) is 5.91 Å². The topological polar surface area (TPSA) is 58.6 Å². The second kappa shape index (κ2) is 7.73. The van der Waals surface area contributed by atoms with Gasteiger partial charge in [-0.1, -0.05) is 29.3 Å². The number of nitrogens with one attached hydrogen (secondary N) is 1. The van der Waals surface area contributed by atoms with Gasteiger partial charge in [-0.2, -0.15) is 0 Å². The third-order valence-electron chi connectivity index (χ3n) is 4.82. The molecule has 7 heteroatoms. The summed E-state index contributed by atoms with van der Waals surface area (Å²) in [5.41, 5.74) is 2.94. The van der Waals surface area contributed by atoms with E-state index in [9.17, 15) is 9.59 Å². The molecule has 2 aromatic carbocycles. The van der Waals surface area contributed by atoms with E-state index in [0.717, 1.165) is 16.8 Å². The number of ether oxygens (including phenoxy) is 1. The van der Waals surface area contributed by atoms with Crippen LogP contribution in [-0.2, 0) is 4.79 Å². The van der Waals surface area contributed by atoms with Crippen LogP contribution in [0.15, 0.2) is 36.4 Å². The van der Waals surface area contributed by atoms with E-state index in [1.165, 1.54) is 14.0 Å². The predicted octanol–water partition coefficient (Wildman–Crippen LogP) is 5.80. The summed E-state index contributed by atoms with van der Waals surface area (Å²) in [6, 6.07) is 8.23. The summed E-state index contributed by atoms with van der Waals surface area (Å²) < 4.78 is 5.50. The number of methoxy groups -OCH3 is 1. The van der Waals surface area contributed by atoms with Crippen LogP contribution in [-0.4, -0.2) is 24.5 Å². The lowest BCUT2D eigenvalue weighted by Gasteiger charge is -2.41. The summed E-state index contributed by atoms with van der Waals surface area (Å²) in [5.74, 6) is 0.00299. The third-order valence-corrected chi connectivity index (χ3v) is 5.25. The Morgan fingerprint density at radius 1 is 1.07 bits per heavy atom. The Morgan fingerprint density at radius 2 is 1.69 bits per heavy atom. The van der Waals surface area contributed by atoms with Gasteiger partial charge in [0.2, 0.25) is 5.91 Å². The largest absolute Gasteiger partial charge is 0.494 e. The molecule has 0 unspecified atom stereocenters. The van der Waals surface area contributed by atoms with Crippen molar-refractivity contribution in [2.45, 2.75) is 33.2 Å². The maximum atomic E-state index is 12.7. The van der Waals surface area contributed by atoms with E-state index in [4.69, 9.17) is 27.9 Å². The molecule has 2 amide bonds. The average Bonchev–Trinajstić information content (AvgIpc) is 2.59. The van der Waals surface area contributed by atoms with E-state index >= 15 is 0 Å². The third kappa shape index (κ3) is 4.11. The summed E-state index contributed by atoms with van der Waals surface area (Å²) >= 11 is 12.0. The summed E-state index contributed by atoms with van der Waals surface area (Å²) in [6.07, 6.45) is 2.03. The summed E-state index contributed by atoms with van der Waals surface area (Å²) in [7, 11) is 1.52. The molecule has 5 nitrogen and oxygen atoms in total. The molecular weight excluding hydrogens is 411 g/mol. The molecular formula is C22H22Cl2N2O3. The number of carbonyl (C=O) groups is 2. The minimum atomic E-state index is -0.476. The lowest BCUT2D eigenvalue weighted by Crippen LogP contribution is -2.47. The Bertz CT molecular complexity index is 1020. The molecule has 152 valence electrons. The number of hydrogen-bond acceptors (Lipinski definition) is 3. The number of nitrogens with zero attached hydrogens (tertiary/aromatic N) is 1. The lowest BCUT2D eigenvalue weighted by molar-refractivity contribution is -0.117. The zero-order chi connectivity index (χ0) is 21.5. The van der Waals surface area contributed by atoms with Crippen LogP contribution in [0.2, 0.25) is 10.0 Å². The summed E-state index contributed by atoms with van der Waals surface area (Å²) in [5, 5.41) is 3.60. The molecule has 1 aliphatic heterocycles. The van der Waals surface area contributed by atoms with Crippen molar-refractivity contribution in [1.82, 2.24) is 0 Å². The molecule has 3 rings (SSSR count). The van der Waals surface area contributed by atoms with Gasteiger partial charge in [0.15, 0.2) is 0 Å². The molecule has 0 aliphatic carbocycles. The van der Waals surface area contributed by atoms with Crippen molar-refractivity contribution >= 4 is 52.0 Å². The van der Waals surface area contributed by atoms with Crippen molar-refractivity contribution in [2.75, 3.05) is 17.3 Å². The number of hydrogen-bond donors (Lipinski definition) is 1. The van der Waals surface area contributed by atoms with Gasteiger partial charge in [0, 0.05) is 34.2 Å². The lowest BCUT2D eigenvalue weighted by atomic mass is 9.88. The molecule has 0 bridgehead atoms. The van der Waals surface area contributed by atoms with Crippen LogP contribution in [0.3, 0.4) is 0 Å². The van der Waals surface area contributed by atoms with Crippen molar-refractivity contribution in [1.29, 1.82) is 0 Å². The number of carbonyl (C=O) groups excluding carboxylic acids is 2. The zero-order valence-corrected chi connectivity index (χ0v) is 18.4. The zero-order valence-electron chi connectivity index (χ0n) is 16.9. The van der Waals surface area contributed by atoms with Gasteiger partial charge in [-0.15, -0.1) is 0 Å². The first kappa shape index (κ1) is 21.2. The van der Waals surface area contributed by atoms with Crippen LogP contribution in [0.5, 0.6) is 5.75 Å². The Labute approximate surface area is 180 Å². The van der Waals surface area contributed by atoms with Crippen molar-refractivity contribution in [2.24, 2.45) is 0 Å². The van der Waals surface area contributed by atoms with Crippen molar-refractivity contribution in [3.05, 3.63) is 57.6 Å². The molecule has 1 aliphatic rings. The molecule has 1 N–H and O–H groups in total. The fourth-order valence-electron chi connectivity index (χ4n) is 3.77. The molecule has 0 fully saturated rings. The van der Waals surface area contributed by atoms with E-state index < -0.39 is 5.54 Å². The van der Waals surface area contributed by atoms with E-state index in [2.05, 4.69) is 5.32 Å². The number of amides is 2. The number of anilines is 2. The summed E-state index contributed by atoms with van der Waals surface area (Å²) in [4.78, 5) is 26.8. The SMILES string of the molecule is COc1cc2c(cc1NC(=O)c1cc(Cl)cc(Cl)c1)C(C)=CC(C)(C)N2C(C)=O. The van der Waals surface area contributed by atoms with E-state index in [0.29, 0.717) is 27.0 Å². The fourth-order valence-corrected chi connectivity index (χ4v) is 4.30. The predicted molar refractivity (Wildman–Crippen MR) is 118 cm³/mol. The first-order valence-electron chi connectivity index (χ1n) is 9.03. The van der Waals surface area contributed by atoms with Gasteiger partial charge >= 0.3 is 0 Å². The number of benzene rings is 2. The van der Waals surface area contributed by atoms with Gasteiger partial charge in [-0.25, -0.2) is 0 Å². The van der Waals surface area contributed by atoms with Crippen molar-refractivity contribution in [3.8, 4) is 5.75 Å². The van der Waals surface area contributed by atoms with Gasteiger partial charge in [-0.05, 0) is 50.6 Å². The van der Waals surface area contributed by atoms with Gasteiger partial charge in [0.1, 0.15) is 5.75 Å². The Kier molecular flexibility index (Phi) is 5.65. The molecule has 1 heterocycles. The van der Waals surface area contributed by atoms with E-state index in [-0.39, 0.29) is 11.8 Å². The fraction of sp³-hybridized carbons (Fsp3) is 0.273. The molecule has 0 radical (unpaired) electrons. The highest BCUT2D eigenvalue weighted by atomic mass is 35.5. The first-order chi connectivity index (χ1) is 13.5. The van der Waals surface area contributed by atoms with Crippen LogP contribution < -0.4 is 15.0 Å². The Morgan fingerprint density at radius 3 is 2.24 bits per heavy atom. The number of rotatable bonds is 3. The second-order valence-corrected chi connectivity index (χ2v) is 8.39. The minimum absolute atomic E-state index is 0.0765. The normalized spacial score (nSPS) is 14.7. The number of allylic oxidation sites excluding steroid dienone is 1. The molecule has 0 saturated heterocycles. The van der Waals surface area contributed by atoms with Crippen molar-refractivity contribution < 1.29 is 14.3 Å². The van der Waals surface area contributed by atoms with Gasteiger partial charge in [0.05, 0.1) is 24.0 Å². The van der Waals surface area contributed by atoms with Crippen LogP contribution in [0.25, 0.3) is 5.57 Å². The highest BCUT2D eigenvalue weighted by molar-refractivity contribution is 6.35. The maximum Gasteiger partial charge on any atom is 0.255 e. The average molecular weight is 433 g/mol. The standard InChI is InChI=1S/C22H22Cl2N2O3/c1-12-11-22(3,4)26(13(2)27)19-10-20(29-5)18(9-17(12)19)25-21(28)14-6-15(23)8-16(24)7-14/h6-11H,1-5H3,(H,25,28). The Hall–Kier alpha value is -2.50. The first-order valence-corrected chi connectivity index (χ1v) is 9.79. The van der Waals surface area contributed by atoms with Crippen molar-refractivity contribution in [3.63, 3.8) is 0 Å². The molecule has 0 atom stereocenters. The molecule has 0 spiro atoms. The van der Waals surface area contributed by atoms with E-state index in [1.807, 2.05) is 32.9 Å². The minimum Gasteiger partial charge on any atom is -0.494 e. The highest BCUT2D eigenvalue weighted by Crippen LogP contribution is 2.44. The molecule has 0 aromatic heterocycles. The van der Waals surface area contributed by atoms with Crippen LogP contribution >= 0.6 is 23.2 Å². The van der Waals surface area contributed by atoms with E-state index in [1.54, 1.807) is 29.2 Å². The van der Waals surface area contributed by atoms with Crippen LogP contribution in [0.4, 0.5) is 11.4 Å². The maximum absolute atomic E-state index is 12.7. The van der Waals surface area contributed by atoms with Gasteiger partial charge < -0.3 is 15.0 Å². The smallest absolute Gasteiger partial charge is 0.255 e. The highest BCUT2D eigenvalue weighted by Gasteiger charge is 2.35. The number of halogens is 2. The molecule has 0 saturated carbocycles. The molecule has 29 heavy (non-hydrogen) atoms. The second-order valence-electron chi connectivity index (χ2n) is 7.52.